The summed E-state index contributed by atoms with van der Waals surface area (Å²) in [6.45, 7) is 2.12. The Labute approximate surface area is 175 Å². The summed E-state index contributed by atoms with van der Waals surface area (Å²) in [5.41, 5.74) is 2.88. The molecule has 7 nitrogen and oxygen atoms in total. The molecule has 1 heterocycles. The van der Waals surface area contributed by atoms with Gasteiger partial charge in [0.05, 0.1) is 32.1 Å². The fourth-order valence-corrected chi connectivity index (χ4v) is 2.60. The Morgan fingerprint density at radius 1 is 0.931 bits per heavy atom. The third kappa shape index (κ3) is 5.36. The molecule has 152 valence electrons. The Morgan fingerprint density at radius 3 is 2.24 bits per heavy atom. The van der Waals surface area contributed by atoms with Crippen molar-refractivity contribution in [3.05, 3.63) is 60.2 Å². The molecule has 0 spiro atoms. The first-order valence-electron chi connectivity index (χ1n) is 8.75. The Hall–Kier alpha value is -3.32. The first kappa shape index (κ1) is 22.0. The van der Waals surface area contributed by atoms with E-state index in [9.17, 15) is 4.79 Å². The van der Waals surface area contributed by atoms with Crippen LogP contribution in [0.5, 0.6) is 11.5 Å². The standard InChI is InChI=1S/C21H21N3O4.ClH/c1-4-28-21(25)14-5-8-16(9-6-14)22-20-12-10-17(23-24-20)15-7-11-18(26-2)19(13-15)27-3;/h5-13H,4H2,1-3H3,(H,22,24);1H/p-1. The van der Waals surface area contributed by atoms with Crippen molar-refractivity contribution in [3.8, 4) is 22.8 Å². The van der Waals surface area contributed by atoms with Crippen molar-refractivity contribution in [1.29, 1.82) is 0 Å². The number of esters is 1. The highest BCUT2D eigenvalue weighted by atomic mass is 35.5. The predicted molar refractivity (Wildman–Crippen MR) is 106 cm³/mol. The van der Waals surface area contributed by atoms with E-state index < -0.39 is 0 Å². The summed E-state index contributed by atoms with van der Waals surface area (Å²) in [4.78, 5) is 11.7. The number of hydrogen-bond acceptors (Lipinski definition) is 7. The minimum Gasteiger partial charge on any atom is -1.00 e. The number of ether oxygens (including phenoxy) is 3. The van der Waals surface area contributed by atoms with Crippen LogP contribution in [0.3, 0.4) is 0 Å². The van der Waals surface area contributed by atoms with Crippen LogP contribution in [0.1, 0.15) is 17.3 Å². The summed E-state index contributed by atoms with van der Waals surface area (Å²) in [5.74, 6) is 1.54. The van der Waals surface area contributed by atoms with Crippen molar-refractivity contribution < 1.29 is 31.4 Å². The summed E-state index contributed by atoms with van der Waals surface area (Å²) in [7, 11) is 3.19. The van der Waals surface area contributed by atoms with Crippen LogP contribution in [-0.4, -0.2) is 37.0 Å². The number of aromatic nitrogens is 2. The lowest BCUT2D eigenvalue weighted by Crippen LogP contribution is -3.00. The molecule has 0 saturated carbocycles. The Morgan fingerprint density at radius 2 is 1.66 bits per heavy atom. The van der Waals surface area contributed by atoms with E-state index >= 15 is 0 Å². The molecule has 0 aliphatic rings. The number of halogens is 1. The maximum absolute atomic E-state index is 11.7. The van der Waals surface area contributed by atoms with E-state index in [2.05, 4.69) is 15.5 Å². The molecule has 0 amide bonds. The number of methoxy groups -OCH3 is 2. The first-order chi connectivity index (χ1) is 13.6. The van der Waals surface area contributed by atoms with Gasteiger partial charge in [0.25, 0.3) is 0 Å². The van der Waals surface area contributed by atoms with Crippen LogP contribution in [0.2, 0.25) is 0 Å². The van der Waals surface area contributed by atoms with E-state index in [1.807, 2.05) is 30.3 Å². The van der Waals surface area contributed by atoms with Crippen LogP contribution in [0.4, 0.5) is 11.5 Å². The van der Waals surface area contributed by atoms with Gasteiger partial charge in [-0.15, -0.1) is 10.2 Å². The van der Waals surface area contributed by atoms with E-state index in [1.165, 1.54) is 0 Å². The van der Waals surface area contributed by atoms with Gasteiger partial charge in [-0.3, -0.25) is 0 Å². The van der Waals surface area contributed by atoms with Crippen LogP contribution in [-0.2, 0) is 4.74 Å². The monoisotopic (exact) mass is 414 g/mol. The number of carbonyl (C=O) groups is 1. The lowest BCUT2D eigenvalue weighted by atomic mass is 10.1. The number of benzene rings is 2. The maximum atomic E-state index is 11.7. The average molecular weight is 415 g/mol. The molecule has 29 heavy (non-hydrogen) atoms. The molecular weight excluding hydrogens is 394 g/mol. The Balaban J connectivity index is 0.00000300. The average Bonchev–Trinajstić information content (AvgIpc) is 2.74. The third-order valence-electron chi connectivity index (χ3n) is 4.01. The molecule has 0 saturated heterocycles. The minimum atomic E-state index is -0.340. The second-order valence-electron chi connectivity index (χ2n) is 5.80. The zero-order valence-electron chi connectivity index (χ0n) is 16.3. The normalized spacial score (nSPS) is 9.90. The molecule has 0 atom stereocenters. The van der Waals surface area contributed by atoms with Gasteiger partial charge >= 0.3 is 5.97 Å². The lowest BCUT2D eigenvalue weighted by Gasteiger charge is -2.10. The highest BCUT2D eigenvalue weighted by molar-refractivity contribution is 5.89. The van der Waals surface area contributed by atoms with Crippen molar-refractivity contribution in [2.75, 3.05) is 26.1 Å². The molecule has 1 N–H and O–H groups in total. The number of rotatable bonds is 7. The van der Waals surface area contributed by atoms with Gasteiger partial charge in [0.2, 0.25) is 0 Å². The molecule has 0 bridgehead atoms. The minimum absolute atomic E-state index is 0. The topological polar surface area (TPSA) is 82.6 Å². The van der Waals surface area contributed by atoms with Crippen molar-refractivity contribution >= 4 is 17.5 Å². The molecule has 2 aromatic carbocycles. The van der Waals surface area contributed by atoms with Gasteiger partial charge in [-0.05, 0) is 61.5 Å². The molecule has 1 aromatic heterocycles. The number of nitrogens with zero attached hydrogens (tertiary/aromatic N) is 2. The summed E-state index contributed by atoms with van der Waals surface area (Å²) in [5, 5.41) is 11.6. The van der Waals surface area contributed by atoms with E-state index in [-0.39, 0.29) is 18.4 Å². The van der Waals surface area contributed by atoms with Crippen LogP contribution in [0.15, 0.2) is 54.6 Å². The second-order valence-corrected chi connectivity index (χ2v) is 5.80. The van der Waals surface area contributed by atoms with Crippen molar-refractivity contribution in [3.63, 3.8) is 0 Å². The van der Waals surface area contributed by atoms with Crippen LogP contribution >= 0.6 is 0 Å². The van der Waals surface area contributed by atoms with Crippen LogP contribution in [0.25, 0.3) is 11.3 Å². The zero-order valence-corrected chi connectivity index (χ0v) is 17.1. The van der Waals surface area contributed by atoms with Gasteiger partial charge in [-0.1, -0.05) is 0 Å². The molecule has 0 fully saturated rings. The van der Waals surface area contributed by atoms with E-state index in [4.69, 9.17) is 14.2 Å². The molecule has 3 rings (SSSR count). The fraction of sp³-hybridized carbons (Fsp3) is 0.190. The molecule has 3 aromatic rings. The SMILES string of the molecule is CCOC(=O)c1ccc(Nc2ccc(-c3ccc(OC)c(OC)c3)nn2)cc1.[Cl-]. The second kappa shape index (κ2) is 10.3. The highest BCUT2D eigenvalue weighted by Gasteiger charge is 2.09. The summed E-state index contributed by atoms with van der Waals surface area (Å²) >= 11 is 0. The number of carbonyl (C=O) groups excluding carboxylic acids is 1. The van der Waals surface area contributed by atoms with Gasteiger partial charge in [0.1, 0.15) is 0 Å². The van der Waals surface area contributed by atoms with Gasteiger partial charge in [0, 0.05) is 11.3 Å². The third-order valence-corrected chi connectivity index (χ3v) is 4.01. The number of nitrogens with one attached hydrogen (secondary N) is 1. The van der Waals surface area contributed by atoms with Crippen molar-refractivity contribution in [2.45, 2.75) is 6.92 Å². The molecular formula is C21H21ClN3O4-. The van der Waals surface area contributed by atoms with E-state index in [0.29, 0.717) is 35.2 Å². The Bertz CT molecular complexity index is 947. The molecule has 0 radical (unpaired) electrons. The number of hydrogen-bond donors (Lipinski definition) is 1. The van der Waals surface area contributed by atoms with Gasteiger partial charge < -0.3 is 31.9 Å². The quantitative estimate of drug-likeness (QED) is 0.579. The van der Waals surface area contributed by atoms with Gasteiger partial charge in [-0.2, -0.15) is 0 Å². The predicted octanol–water partition coefficient (Wildman–Crippen LogP) is 1.09. The smallest absolute Gasteiger partial charge is 0.338 e. The first-order valence-corrected chi connectivity index (χ1v) is 8.75. The van der Waals surface area contributed by atoms with Crippen LogP contribution in [0, 0.1) is 0 Å². The van der Waals surface area contributed by atoms with Gasteiger partial charge in [0.15, 0.2) is 17.3 Å². The van der Waals surface area contributed by atoms with E-state index in [0.717, 1.165) is 11.3 Å². The largest absolute Gasteiger partial charge is 1.00 e. The zero-order chi connectivity index (χ0) is 19.9. The molecule has 8 heteroatoms. The fourth-order valence-electron chi connectivity index (χ4n) is 2.60. The summed E-state index contributed by atoms with van der Waals surface area (Å²) in [6, 6.07) is 16.2. The number of anilines is 2. The summed E-state index contributed by atoms with van der Waals surface area (Å²) in [6.07, 6.45) is 0. The van der Waals surface area contributed by atoms with Gasteiger partial charge in [-0.25, -0.2) is 4.79 Å². The molecule has 0 aliphatic heterocycles. The summed E-state index contributed by atoms with van der Waals surface area (Å²) < 4.78 is 15.5. The molecule has 0 unspecified atom stereocenters. The van der Waals surface area contributed by atoms with Crippen molar-refractivity contribution in [1.82, 2.24) is 10.2 Å². The lowest BCUT2D eigenvalue weighted by molar-refractivity contribution is -0.0000242. The maximum Gasteiger partial charge on any atom is 0.338 e. The molecule has 0 aliphatic carbocycles. The van der Waals surface area contributed by atoms with Crippen molar-refractivity contribution in [2.24, 2.45) is 0 Å². The Kier molecular flexibility index (Phi) is 7.79. The van der Waals surface area contributed by atoms with Crippen LogP contribution < -0.4 is 27.2 Å². The highest BCUT2D eigenvalue weighted by Crippen LogP contribution is 2.31. The van der Waals surface area contributed by atoms with E-state index in [1.54, 1.807) is 45.4 Å².